The van der Waals surface area contributed by atoms with Gasteiger partial charge in [-0.05, 0) is 35.7 Å². The molecule has 0 fully saturated rings. The standard InChI is InChI=1S/C16H18F3N3OS/c17-16(18,19)12-3-5-13(6-4-12)23-10-9-22-15(20)21-8-7-14-2-1-11-24-14/h1-6,11H,7-10H2,(H3,20,21,22). The fourth-order valence-corrected chi connectivity index (χ4v) is 2.58. The number of guanidine groups is 1. The predicted octanol–water partition coefficient (Wildman–Crippen LogP) is 3.29. The molecule has 0 unspecified atom stereocenters. The van der Waals surface area contributed by atoms with E-state index in [1.54, 1.807) is 11.3 Å². The molecule has 2 aromatic rings. The number of hydrogen-bond donors (Lipinski definition) is 2. The normalized spacial score (nSPS) is 12.2. The summed E-state index contributed by atoms with van der Waals surface area (Å²) in [7, 11) is 0. The van der Waals surface area contributed by atoms with Gasteiger partial charge in [0.2, 0.25) is 0 Å². The summed E-state index contributed by atoms with van der Waals surface area (Å²) in [6.07, 6.45) is -3.50. The maximum absolute atomic E-state index is 12.4. The molecule has 1 aromatic heterocycles. The topological polar surface area (TPSA) is 59.6 Å². The van der Waals surface area contributed by atoms with Crippen LogP contribution in [0.1, 0.15) is 10.4 Å². The number of aliphatic imine (C=N–C) groups is 1. The van der Waals surface area contributed by atoms with Gasteiger partial charge in [-0.2, -0.15) is 13.2 Å². The highest BCUT2D eigenvalue weighted by Gasteiger charge is 2.29. The first-order chi connectivity index (χ1) is 11.4. The SMILES string of the molecule is NC(=NCCc1cccs1)NCCOc1ccc(C(F)(F)F)cc1. The van der Waals surface area contributed by atoms with Crippen molar-refractivity contribution in [1.29, 1.82) is 0 Å². The number of alkyl halides is 3. The van der Waals surface area contributed by atoms with Gasteiger partial charge >= 0.3 is 6.18 Å². The lowest BCUT2D eigenvalue weighted by atomic mass is 10.2. The van der Waals surface area contributed by atoms with Crippen LogP contribution < -0.4 is 15.8 Å². The highest BCUT2D eigenvalue weighted by atomic mass is 32.1. The molecule has 4 nitrogen and oxygen atoms in total. The molecule has 0 aliphatic carbocycles. The van der Waals surface area contributed by atoms with Crippen molar-refractivity contribution in [3.8, 4) is 5.75 Å². The van der Waals surface area contributed by atoms with Crippen LogP contribution in [0.15, 0.2) is 46.8 Å². The molecule has 0 aliphatic heterocycles. The fraction of sp³-hybridized carbons (Fsp3) is 0.312. The number of nitrogens with two attached hydrogens (primary N) is 1. The number of ether oxygens (including phenoxy) is 1. The minimum absolute atomic E-state index is 0.270. The largest absolute Gasteiger partial charge is 0.492 e. The quantitative estimate of drug-likeness (QED) is 0.454. The van der Waals surface area contributed by atoms with Crippen molar-refractivity contribution in [2.24, 2.45) is 10.7 Å². The van der Waals surface area contributed by atoms with Gasteiger partial charge in [0.25, 0.3) is 0 Å². The summed E-state index contributed by atoms with van der Waals surface area (Å²) in [6.45, 7) is 1.28. The Bertz CT molecular complexity index is 640. The number of thiophene rings is 1. The Kier molecular flexibility index (Phi) is 6.48. The van der Waals surface area contributed by atoms with Crippen molar-refractivity contribution in [3.63, 3.8) is 0 Å². The Morgan fingerprint density at radius 1 is 1.21 bits per heavy atom. The minimum atomic E-state index is -4.34. The average molecular weight is 357 g/mol. The second kappa shape index (κ2) is 8.58. The number of nitrogens with zero attached hydrogens (tertiary/aromatic N) is 1. The first-order valence-corrected chi connectivity index (χ1v) is 8.19. The number of rotatable bonds is 7. The lowest BCUT2D eigenvalue weighted by Gasteiger charge is -2.10. The third-order valence-electron chi connectivity index (χ3n) is 3.08. The zero-order valence-corrected chi connectivity index (χ0v) is 13.7. The highest BCUT2D eigenvalue weighted by molar-refractivity contribution is 7.09. The summed E-state index contributed by atoms with van der Waals surface area (Å²) >= 11 is 1.68. The van der Waals surface area contributed by atoms with Crippen LogP contribution in [-0.2, 0) is 12.6 Å². The summed E-state index contributed by atoms with van der Waals surface area (Å²) < 4.78 is 42.6. The predicted molar refractivity (Wildman–Crippen MR) is 89.5 cm³/mol. The highest BCUT2D eigenvalue weighted by Crippen LogP contribution is 2.30. The number of halogens is 3. The Morgan fingerprint density at radius 2 is 1.96 bits per heavy atom. The molecule has 1 heterocycles. The maximum atomic E-state index is 12.4. The van der Waals surface area contributed by atoms with Crippen LogP contribution in [0.4, 0.5) is 13.2 Å². The molecule has 3 N–H and O–H groups in total. The number of hydrogen-bond acceptors (Lipinski definition) is 3. The van der Waals surface area contributed by atoms with E-state index in [1.807, 2.05) is 17.5 Å². The first-order valence-electron chi connectivity index (χ1n) is 7.31. The molecular weight excluding hydrogens is 339 g/mol. The van der Waals surface area contributed by atoms with Crippen LogP contribution in [0.5, 0.6) is 5.75 Å². The van der Waals surface area contributed by atoms with E-state index in [1.165, 1.54) is 17.0 Å². The molecule has 2 rings (SSSR count). The third kappa shape index (κ3) is 6.11. The lowest BCUT2D eigenvalue weighted by Crippen LogP contribution is -2.34. The van der Waals surface area contributed by atoms with Crippen LogP contribution in [0.3, 0.4) is 0 Å². The molecule has 0 atom stereocenters. The van der Waals surface area contributed by atoms with E-state index in [0.29, 0.717) is 24.8 Å². The fourth-order valence-electron chi connectivity index (χ4n) is 1.89. The van der Waals surface area contributed by atoms with Gasteiger partial charge in [-0.25, -0.2) is 0 Å². The van der Waals surface area contributed by atoms with Crippen molar-refractivity contribution >= 4 is 17.3 Å². The van der Waals surface area contributed by atoms with E-state index in [2.05, 4.69) is 10.3 Å². The smallest absolute Gasteiger partial charge is 0.416 e. The van der Waals surface area contributed by atoms with E-state index < -0.39 is 11.7 Å². The number of nitrogens with one attached hydrogen (secondary N) is 1. The third-order valence-corrected chi connectivity index (χ3v) is 4.02. The monoisotopic (exact) mass is 357 g/mol. The Balaban J connectivity index is 1.65. The molecular formula is C16H18F3N3OS. The molecule has 24 heavy (non-hydrogen) atoms. The van der Waals surface area contributed by atoms with Crippen molar-refractivity contribution < 1.29 is 17.9 Å². The van der Waals surface area contributed by atoms with Crippen LogP contribution >= 0.6 is 11.3 Å². The van der Waals surface area contributed by atoms with Gasteiger partial charge in [-0.1, -0.05) is 6.07 Å². The Labute approximate surface area is 142 Å². The van der Waals surface area contributed by atoms with Gasteiger partial charge in [-0.3, -0.25) is 4.99 Å². The molecule has 1 aromatic carbocycles. The lowest BCUT2D eigenvalue weighted by molar-refractivity contribution is -0.137. The Hall–Kier alpha value is -2.22. The zero-order chi connectivity index (χ0) is 17.4. The minimum Gasteiger partial charge on any atom is -0.492 e. The number of benzene rings is 1. The first kappa shape index (κ1) is 18.1. The van der Waals surface area contributed by atoms with Gasteiger partial charge < -0.3 is 15.8 Å². The summed E-state index contributed by atoms with van der Waals surface area (Å²) in [5.41, 5.74) is 5.02. The maximum Gasteiger partial charge on any atom is 0.416 e. The summed E-state index contributed by atoms with van der Waals surface area (Å²) in [4.78, 5) is 5.44. The molecule has 0 saturated carbocycles. The molecule has 0 aliphatic rings. The van der Waals surface area contributed by atoms with Gasteiger partial charge in [0.1, 0.15) is 12.4 Å². The van der Waals surface area contributed by atoms with Crippen molar-refractivity contribution in [2.45, 2.75) is 12.6 Å². The van der Waals surface area contributed by atoms with Crippen molar-refractivity contribution in [3.05, 3.63) is 52.2 Å². The summed E-state index contributed by atoms with van der Waals surface area (Å²) in [5, 5.41) is 4.91. The second-order valence-corrected chi connectivity index (χ2v) is 5.93. The molecule has 0 amide bonds. The summed E-state index contributed by atoms with van der Waals surface area (Å²) in [6, 6.07) is 8.60. The molecule has 130 valence electrons. The van der Waals surface area contributed by atoms with Gasteiger partial charge in [-0.15, -0.1) is 11.3 Å². The molecule has 8 heteroatoms. The van der Waals surface area contributed by atoms with Crippen LogP contribution in [-0.4, -0.2) is 25.7 Å². The van der Waals surface area contributed by atoms with Crippen molar-refractivity contribution in [2.75, 3.05) is 19.7 Å². The van der Waals surface area contributed by atoms with Crippen LogP contribution in [0.25, 0.3) is 0 Å². The van der Waals surface area contributed by atoms with Crippen molar-refractivity contribution in [1.82, 2.24) is 5.32 Å². The van der Waals surface area contributed by atoms with Crippen LogP contribution in [0.2, 0.25) is 0 Å². The van der Waals surface area contributed by atoms with E-state index in [0.717, 1.165) is 18.6 Å². The zero-order valence-electron chi connectivity index (χ0n) is 12.8. The molecule has 0 spiro atoms. The molecule has 0 saturated heterocycles. The van der Waals surface area contributed by atoms with E-state index in [-0.39, 0.29) is 6.61 Å². The Morgan fingerprint density at radius 3 is 2.58 bits per heavy atom. The average Bonchev–Trinajstić information content (AvgIpc) is 3.04. The van der Waals surface area contributed by atoms with Crippen LogP contribution in [0, 0.1) is 0 Å². The van der Waals surface area contributed by atoms with Gasteiger partial charge in [0.05, 0.1) is 12.1 Å². The van der Waals surface area contributed by atoms with E-state index >= 15 is 0 Å². The molecule has 0 bridgehead atoms. The van der Waals surface area contributed by atoms with Gasteiger partial charge in [0, 0.05) is 17.8 Å². The van der Waals surface area contributed by atoms with Gasteiger partial charge in [0.15, 0.2) is 5.96 Å². The second-order valence-electron chi connectivity index (χ2n) is 4.89. The van der Waals surface area contributed by atoms with E-state index in [9.17, 15) is 13.2 Å². The molecule has 0 radical (unpaired) electrons. The summed E-state index contributed by atoms with van der Waals surface area (Å²) in [5.74, 6) is 0.695. The van der Waals surface area contributed by atoms with E-state index in [4.69, 9.17) is 10.5 Å².